The fourth-order valence-electron chi connectivity index (χ4n) is 2.55. The zero-order valence-electron chi connectivity index (χ0n) is 16.6. The number of aliphatic imine (C=N–C) groups is 1. The summed E-state index contributed by atoms with van der Waals surface area (Å²) < 4.78 is 24.7. The molecule has 154 valence electrons. The van der Waals surface area contributed by atoms with E-state index in [4.69, 9.17) is 9.47 Å². The fraction of sp³-hybridized carbons (Fsp3) is 0.381. The molecule has 5 nitrogen and oxygen atoms in total. The molecule has 0 heterocycles. The molecule has 0 spiro atoms. The minimum Gasteiger partial charge on any atom is -0.493 e. The molecule has 0 aromatic heterocycles. The lowest BCUT2D eigenvalue weighted by Crippen LogP contribution is -2.36. The first-order valence-corrected chi connectivity index (χ1v) is 9.03. The van der Waals surface area contributed by atoms with Crippen molar-refractivity contribution in [3.63, 3.8) is 0 Å². The Bertz CT molecular complexity index is 756. The van der Waals surface area contributed by atoms with Gasteiger partial charge in [0.2, 0.25) is 0 Å². The molecule has 0 unspecified atom stereocenters. The molecule has 0 aliphatic heterocycles. The molecular weight excluding hydrogens is 472 g/mol. The van der Waals surface area contributed by atoms with E-state index in [-0.39, 0.29) is 29.8 Å². The number of hydrogen-bond acceptors (Lipinski definition) is 3. The van der Waals surface area contributed by atoms with E-state index in [0.717, 1.165) is 23.3 Å². The minimum absolute atomic E-state index is 0. The van der Waals surface area contributed by atoms with E-state index < -0.39 is 0 Å². The number of halogens is 2. The average molecular weight is 501 g/mol. The van der Waals surface area contributed by atoms with Crippen LogP contribution in [-0.2, 0) is 17.8 Å². The Balaban J connectivity index is 0.00000392. The third kappa shape index (κ3) is 8.02. The van der Waals surface area contributed by atoms with Crippen LogP contribution in [0.25, 0.3) is 0 Å². The van der Waals surface area contributed by atoms with Crippen molar-refractivity contribution in [1.29, 1.82) is 0 Å². The number of nitrogens with zero attached hydrogens (tertiary/aromatic N) is 1. The van der Waals surface area contributed by atoms with E-state index in [1.807, 2.05) is 25.1 Å². The van der Waals surface area contributed by atoms with Crippen LogP contribution >= 0.6 is 24.0 Å². The molecule has 0 aliphatic rings. The van der Waals surface area contributed by atoms with Gasteiger partial charge < -0.3 is 20.1 Å². The van der Waals surface area contributed by atoms with Crippen LogP contribution in [0.5, 0.6) is 5.75 Å². The maximum Gasteiger partial charge on any atom is 0.191 e. The zero-order chi connectivity index (χ0) is 19.5. The standard InChI is InChI=1S/C21H28FN3O2.HI/c1-16-9-10-18(20(13-16)27-12-6-11-26-3)15-25-21(23-2)24-14-17-7-4-5-8-19(17)22;/h4-5,7-10,13H,6,11-12,14-15H2,1-3H3,(H2,23,24,25);1H. The molecule has 0 saturated heterocycles. The van der Waals surface area contributed by atoms with Crippen molar-refractivity contribution in [3.8, 4) is 5.75 Å². The number of nitrogens with one attached hydrogen (secondary N) is 2. The van der Waals surface area contributed by atoms with Crippen LogP contribution in [0.15, 0.2) is 47.5 Å². The molecule has 0 amide bonds. The lowest BCUT2D eigenvalue weighted by molar-refractivity contribution is 0.171. The highest BCUT2D eigenvalue weighted by Gasteiger charge is 2.07. The topological polar surface area (TPSA) is 54.9 Å². The average Bonchev–Trinajstić information content (AvgIpc) is 2.68. The Labute approximate surface area is 183 Å². The molecular formula is C21H29FIN3O2. The highest BCUT2D eigenvalue weighted by Crippen LogP contribution is 2.20. The van der Waals surface area contributed by atoms with Crippen molar-refractivity contribution in [3.05, 3.63) is 65.0 Å². The van der Waals surface area contributed by atoms with Gasteiger partial charge in [-0.15, -0.1) is 24.0 Å². The molecule has 0 atom stereocenters. The van der Waals surface area contributed by atoms with Gasteiger partial charge >= 0.3 is 0 Å². The molecule has 2 N–H and O–H groups in total. The maximum absolute atomic E-state index is 13.7. The van der Waals surface area contributed by atoms with Crippen LogP contribution in [0.2, 0.25) is 0 Å². The Hall–Kier alpha value is -1.87. The van der Waals surface area contributed by atoms with Crippen LogP contribution in [-0.4, -0.2) is 33.3 Å². The van der Waals surface area contributed by atoms with E-state index in [0.29, 0.717) is 37.8 Å². The Morgan fingerprint density at radius 3 is 2.43 bits per heavy atom. The number of guanidine groups is 1. The summed E-state index contributed by atoms with van der Waals surface area (Å²) in [4.78, 5) is 4.20. The summed E-state index contributed by atoms with van der Waals surface area (Å²) >= 11 is 0. The minimum atomic E-state index is -0.231. The van der Waals surface area contributed by atoms with Gasteiger partial charge in [-0.2, -0.15) is 0 Å². The predicted octanol–water partition coefficient (Wildman–Crippen LogP) is 4.03. The molecule has 0 fully saturated rings. The highest BCUT2D eigenvalue weighted by atomic mass is 127. The summed E-state index contributed by atoms with van der Waals surface area (Å²) in [6.07, 6.45) is 0.836. The first-order chi connectivity index (χ1) is 13.1. The summed E-state index contributed by atoms with van der Waals surface area (Å²) in [5.74, 6) is 1.22. The van der Waals surface area contributed by atoms with Gasteiger partial charge in [0.05, 0.1) is 6.61 Å². The summed E-state index contributed by atoms with van der Waals surface area (Å²) in [6.45, 7) is 4.22. The molecule has 2 rings (SSSR count). The van der Waals surface area contributed by atoms with Gasteiger partial charge in [-0.3, -0.25) is 4.99 Å². The Morgan fingerprint density at radius 1 is 1.04 bits per heavy atom. The molecule has 0 saturated carbocycles. The van der Waals surface area contributed by atoms with Gasteiger partial charge in [0.25, 0.3) is 0 Å². The lowest BCUT2D eigenvalue weighted by atomic mass is 10.1. The number of rotatable bonds is 9. The van der Waals surface area contributed by atoms with Gasteiger partial charge in [-0.05, 0) is 24.6 Å². The lowest BCUT2D eigenvalue weighted by Gasteiger charge is -2.15. The molecule has 0 radical (unpaired) electrons. The van der Waals surface area contributed by atoms with E-state index in [2.05, 4.69) is 21.7 Å². The summed E-state index contributed by atoms with van der Waals surface area (Å²) in [7, 11) is 3.37. The summed E-state index contributed by atoms with van der Waals surface area (Å²) in [5, 5.41) is 6.38. The van der Waals surface area contributed by atoms with Crippen molar-refractivity contribution in [2.24, 2.45) is 4.99 Å². The van der Waals surface area contributed by atoms with Gasteiger partial charge in [0, 0.05) is 51.4 Å². The maximum atomic E-state index is 13.7. The molecule has 7 heteroatoms. The normalized spacial score (nSPS) is 10.9. The van der Waals surface area contributed by atoms with E-state index in [9.17, 15) is 4.39 Å². The Morgan fingerprint density at radius 2 is 1.75 bits per heavy atom. The number of aryl methyl sites for hydroxylation is 1. The Kier molecular flexibility index (Phi) is 11.5. The zero-order valence-corrected chi connectivity index (χ0v) is 19.0. The number of methoxy groups -OCH3 is 1. The second kappa shape index (κ2) is 13.3. The van der Waals surface area contributed by atoms with Crippen LogP contribution < -0.4 is 15.4 Å². The highest BCUT2D eigenvalue weighted by molar-refractivity contribution is 14.0. The van der Waals surface area contributed by atoms with Crippen molar-refractivity contribution >= 4 is 29.9 Å². The first-order valence-electron chi connectivity index (χ1n) is 9.03. The number of benzene rings is 2. The molecule has 0 bridgehead atoms. The van der Waals surface area contributed by atoms with E-state index in [1.54, 1.807) is 26.3 Å². The van der Waals surface area contributed by atoms with Gasteiger partial charge in [0.1, 0.15) is 11.6 Å². The van der Waals surface area contributed by atoms with Crippen LogP contribution in [0, 0.1) is 12.7 Å². The smallest absolute Gasteiger partial charge is 0.191 e. The van der Waals surface area contributed by atoms with Gasteiger partial charge in [-0.25, -0.2) is 4.39 Å². The monoisotopic (exact) mass is 501 g/mol. The summed E-state index contributed by atoms with van der Waals surface area (Å²) in [5.41, 5.74) is 2.77. The van der Waals surface area contributed by atoms with Crippen molar-refractivity contribution in [1.82, 2.24) is 10.6 Å². The van der Waals surface area contributed by atoms with Crippen LogP contribution in [0.3, 0.4) is 0 Å². The van der Waals surface area contributed by atoms with Crippen molar-refractivity contribution < 1.29 is 13.9 Å². The van der Waals surface area contributed by atoms with Crippen molar-refractivity contribution in [2.45, 2.75) is 26.4 Å². The molecule has 28 heavy (non-hydrogen) atoms. The van der Waals surface area contributed by atoms with E-state index >= 15 is 0 Å². The second-order valence-electron chi connectivity index (χ2n) is 6.18. The summed E-state index contributed by atoms with van der Waals surface area (Å²) in [6, 6.07) is 12.8. The quantitative estimate of drug-likeness (QED) is 0.236. The van der Waals surface area contributed by atoms with Crippen LogP contribution in [0.1, 0.15) is 23.1 Å². The molecule has 2 aromatic rings. The molecule has 2 aromatic carbocycles. The molecule has 0 aliphatic carbocycles. The van der Waals surface area contributed by atoms with Crippen LogP contribution in [0.4, 0.5) is 4.39 Å². The van der Waals surface area contributed by atoms with Crippen molar-refractivity contribution in [2.75, 3.05) is 27.4 Å². The SMILES string of the molecule is CN=C(NCc1ccccc1F)NCc1ccc(C)cc1OCCCOC.I. The number of ether oxygens (including phenoxy) is 2. The largest absolute Gasteiger partial charge is 0.493 e. The van der Waals surface area contributed by atoms with Gasteiger partial charge in [-0.1, -0.05) is 30.3 Å². The number of hydrogen-bond donors (Lipinski definition) is 2. The van der Waals surface area contributed by atoms with E-state index in [1.165, 1.54) is 6.07 Å². The first kappa shape index (κ1) is 24.2. The second-order valence-corrected chi connectivity index (χ2v) is 6.18. The fourth-order valence-corrected chi connectivity index (χ4v) is 2.55. The third-order valence-electron chi connectivity index (χ3n) is 4.05. The van der Waals surface area contributed by atoms with Gasteiger partial charge in [0.15, 0.2) is 5.96 Å². The predicted molar refractivity (Wildman–Crippen MR) is 122 cm³/mol. The third-order valence-corrected chi connectivity index (χ3v) is 4.05.